The number of pyridine rings is 1. The zero-order valence-electron chi connectivity index (χ0n) is 13.9. The molecule has 0 saturated carbocycles. The SMILES string of the molecule is Cn1cc(-n2c(Cl)c(Sc3cccc(C(=O)O)n3)c3ccc(Cl)cc32)cn1. The van der Waals surface area contributed by atoms with Crippen LogP contribution >= 0.6 is 35.0 Å². The molecule has 0 bridgehead atoms. The van der Waals surface area contributed by atoms with E-state index in [2.05, 4.69) is 10.1 Å². The Kier molecular flexibility index (Phi) is 4.59. The van der Waals surface area contributed by atoms with Gasteiger partial charge in [0.05, 0.1) is 22.3 Å². The molecule has 0 aliphatic rings. The monoisotopic (exact) mass is 418 g/mol. The van der Waals surface area contributed by atoms with Crippen LogP contribution in [0.2, 0.25) is 10.2 Å². The summed E-state index contributed by atoms with van der Waals surface area (Å²) in [6.07, 6.45) is 3.56. The van der Waals surface area contributed by atoms with Gasteiger partial charge in [0, 0.05) is 23.7 Å². The highest BCUT2D eigenvalue weighted by molar-refractivity contribution is 7.99. The number of halogens is 2. The minimum atomic E-state index is -1.08. The van der Waals surface area contributed by atoms with Gasteiger partial charge in [-0.1, -0.05) is 47.1 Å². The number of carboxylic acid groups (broad SMARTS) is 1. The molecule has 3 heterocycles. The number of fused-ring (bicyclic) bond motifs is 1. The van der Waals surface area contributed by atoms with Gasteiger partial charge in [-0.25, -0.2) is 9.78 Å². The van der Waals surface area contributed by atoms with Gasteiger partial charge in [0.1, 0.15) is 15.9 Å². The number of carbonyl (C=O) groups is 1. The van der Waals surface area contributed by atoms with Crippen LogP contribution in [-0.2, 0) is 7.05 Å². The number of hydrogen-bond acceptors (Lipinski definition) is 4. The molecule has 6 nitrogen and oxygen atoms in total. The van der Waals surface area contributed by atoms with Gasteiger partial charge < -0.3 is 5.11 Å². The minimum Gasteiger partial charge on any atom is -0.477 e. The van der Waals surface area contributed by atoms with Gasteiger partial charge in [-0.2, -0.15) is 5.10 Å². The molecule has 0 aliphatic carbocycles. The summed E-state index contributed by atoms with van der Waals surface area (Å²) in [5, 5.41) is 15.9. The maximum atomic E-state index is 11.2. The van der Waals surface area contributed by atoms with Gasteiger partial charge in [-0.05, 0) is 24.3 Å². The van der Waals surface area contributed by atoms with Crippen molar-refractivity contribution in [1.29, 1.82) is 0 Å². The van der Waals surface area contributed by atoms with E-state index < -0.39 is 5.97 Å². The maximum Gasteiger partial charge on any atom is 0.354 e. The second-order valence-corrected chi connectivity index (χ2v) is 7.58. The number of rotatable bonds is 4. The van der Waals surface area contributed by atoms with E-state index >= 15 is 0 Å². The van der Waals surface area contributed by atoms with E-state index in [-0.39, 0.29) is 5.69 Å². The van der Waals surface area contributed by atoms with Crippen LogP contribution in [0.5, 0.6) is 0 Å². The highest BCUT2D eigenvalue weighted by Gasteiger charge is 2.20. The number of nitrogens with zero attached hydrogens (tertiary/aromatic N) is 4. The van der Waals surface area contributed by atoms with E-state index in [9.17, 15) is 4.79 Å². The zero-order chi connectivity index (χ0) is 19.1. The van der Waals surface area contributed by atoms with Crippen molar-refractivity contribution in [3.05, 3.63) is 64.7 Å². The average Bonchev–Trinajstić information content (AvgIpc) is 3.16. The van der Waals surface area contributed by atoms with Gasteiger partial charge in [0.2, 0.25) is 0 Å². The molecular weight excluding hydrogens is 407 g/mol. The van der Waals surface area contributed by atoms with Crippen molar-refractivity contribution in [2.75, 3.05) is 0 Å². The van der Waals surface area contributed by atoms with Crippen molar-refractivity contribution in [2.24, 2.45) is 7.05 Å². The predicted molar refractivity (Wildman–Crippen MR) is 105 cm³/mol. The topological polar surface area (TPSA) is 72.9 Å². The lowest BCUT2D eigenvalue weighted by molar-refractivity contribution is 0.0689. The van der Waals surface area contributed by atoms with Crippen molar-refractivity contribution in [1.82, 2.24) is 19.3 Å². The Morgan fingerprint density at radius 2 is 2.04 bits per heavy atom. The largest absolute Gasteiger partial charge is 0.477 e. The summed E-state index contributed by atoms with van der Waals surface area (Å²) < 4.78 is 3.55. The summed E-state index contributed by atoms with van der Waals surface area (Å²) >= 11 is 14.2. The number of hydrogen-bond donors (Lipinski definition) is 1. The van der Waals surface area contributed by atoms with Crippen molar-refractivity contribution < 1.29 is 9.90 Å². The first-order chi connectivity index (χ1) is 12.9. The van der Waals surface area contributed by atoms with Crippen LogP contribution in [0.15, 0.2) is 58.7 Å². The van der Waals surface area contributed by atoms with E-state index in [1.807, 2.05) is 29.9 Å². The summed E-state index contributed by atoms with van der Waals surface area (Å²) in [5.74, 6) is -1.08. The fourth-order valence-corrected chi connectivity index (χ4v) is 4.30. The molecular formula is C18H12Cl2N4O2S. The zero-order valence-corrected chi connectivity index (χ0v) is 16.3. The Balaban J connectivity index is 1.90. The Bertz CT molecular complexity index is 1190. The molecule has 0 saturated heterocycles. The van der Waals surface area contributed by atoms with Crippen molar-refractivity contribution in [3.8, 4) is 5.69 Å². The number of benzene rings is 1. The van der Waals surface area contributed by atoms with Crippen LogP contribution in [0.25, 0.3) is 16.6 Å². The highest BCUT2D eigenvalue weighted by atomic mass is 35.5. The third kappa shape index (κ3) is 3.29. The fraction of sp³-hybridized carbons (Fsp3) is 0.0556. The summed E-state index contributed by atoms with van der Waals surface area (Å²) in [5.41, 5.74) is 1.61. The molecule has 1 N–H and O–H groups in total. The first-order valence-electron chi connectivity index (χ1n) is 7.80. The number of aryl methyl sites for hydroxylation is 1. The lowest BCUT2D eigenvalue weighted by Crippen LogP contribution is -1.99. The molecule has 0 radical (unpaired) electrons. The third-order valence-corrected chi connectivity index (χ3v) is 5.69. The van der Waals surface area contributed by atoms with Gasteiger partial charge in [0.15, 0.2) is 0 Å². The van der Waals surface area contributed by atoms with E-state index in [4.69, 9.17) is 28.3 Å². The molecule has 0 fully saturated rings. The van der Waals surface area contributed by atoms with Gasteiger partial charge in [0.25, 0.3) is 0 Å². The Morgan fingerprint density at radius 1 is 1.22 bits per heavy atom. The molecule has 1 aromatic carbocycles. The van der Waals surface area contributed by atoms with E-state index in [0.29, 0.717) is 15.2 Å². The second kappa shape index (κ2) is 6.92. The Morgan fingerprint density at radius 3 is 2.74 bits per heavy atom. The lowest BCUT2D eigenvalue weighted by atomic mass is 10.2. The molecule has 4 rings (SSSR count). The summed E-state index contributed by atoms with van der Waals surface area (Å²) in [6.45, 7) is 0. The summed E-state index contributed by atoms with van der Waals surface area (Å²) in [7, 11) is 1.83. The quantitative estimate of drug-likeness (QED) is 0.509. The first kappa shape index (κ1) is 17.9. The molecule has 0 unspecified atom stereocenters. The smallest absolute Gasteiger partial charge is 0.354 e. The van der Waals surface area contributed by atoms with E-state index in [1.165, 1.54) is 17.8 Å². The molecule has 136 valence electrons. The number of aromatic nitrogens is 4. The van der Waals surface area contributed by atoms with Crippen LogP contribution in [0.3, 0.4) is 0 Å². The molecule has 0 aliphatic heterocycles. The van der Waals surface area contributed by atoms with E-state index in [0.717, 1.165) is 21.5 Å². The van der Waals surface area contributed by atoms with E-state index in [1.54, 1.807) is 29.1 Å². The summed E-state index contributed by atoms with van der Waals surface area (Å²) in [4.78, 5) is 16.1. The molecule has 4 aromatic rings. The Labute approximate surface area is 168 Å². The molecule has 3 aromatic heterocycles. The molecule has 0 amide bonds. The predicted octanol–water partition coefficient (Wildman–Crippen LogP) is 4.92. The molecule has 0 spiro atoms. The van der Waals surface area contributed by atoms with Crippen LogP contribution in [0.4, 0.5) is 0 Å². The number of aromatic carboxylic acids is 1. The second-order valence-electron chi connectivity index (χ2n) is 5.76. The van der Waals surface area contributed by atoms with Crippen LogP contribution in [0, 0.1) is 0 Å². The maximum absolute atomic E-state index is 11.2. The average molecular weight is 419 g/mol. The summed E-state index contributed by atoms with van der Waals surface area (Å²) in [6, 6.07) is 10.4. The highest BCUT2D eigenvalue weighted by Crippen LogP contribution is 2.42. The normalized spacial score (nSPS) is 11.2. The van der Waals surface area contributed by atoms with Crippen LogP contribution < -0.4 is 0 Å². The third-order valence-electron chi connectivity index (χ3n) is 3.93. The molecule has 9 heteroatoms. The van der Waals surface area contributed by atoms with Gasteiger partial charge in [-0.3, -0.25) is 9.25 Å². The minimum absolute atomic E-state index is 0.0184. The van der Waals surface area contributed by atoms with Gasteiger partial charge in [-0.15, -0.1) is 0 Å². The van der Waals surface area contributed by atoms with Crippen molar-refractivity contribution in [2.45, 2.75) is 9.92 Å². The first-order valence-corrected chi connectivity index (χ1v) is 9.38. The van der Waals surface area contributed by atoms with Crippen LogP contribution in [0.1, 0.15) is 10.5 Å². The lowest BCUT2D eigenvalue weighted by Gasteiger charge is -2.04. The number of carboxylic acids is 1. The van der Waals surface area contributed by atoms with Crippen molar-refractivity contribution in [3.63, 3.8) is 0 Å². The standard InChI is InChI=1S/C18H12Cl2N4O2S/c1-23-9-11(8-21-23)24-14-7-10(19)5-6-12(14)16(17(24)20)27-15-4-2-3-13(22-15)18(25)26/h2-9H,1H3,(H,25,26). The molecule has 27 heavy (non-hydrogen) atoms. The fourth-order valence-electron chi connectivity index (χ4n) is 2.77. The Hall–Kier alpha value is -2.48. The van der Waals surface area contributed by atoms with Crippen molar-refractivity contribution >= 4 is 51.8 Å². The molecule has 0 atom stereocenters. The van der Waals surface area contributed by atoms with Crippen LogP contribution in [-0.4, -0.2) is 30.4 Å². The van der Waals surface area contributed by atoms with Gasteiger partial charge >= 0.3 is 5.97 Å².